The SMILES string of the molecule is Cc1ccc(NC(=O)OCc2ccc([N+](=O)[O-])cc2)nc1. The predicted molar refractivity (Wildman–Crippen MR) is 75.9 cm³/mol. The van der Waals surface area contributed by atoms with Gasteiger partial charge in [-0.2, -0.15) is 0 Å². The van der Waals surface area contributed by atoms with E-state index >= 15 is 0 Å². The molecule has 1 aromatic carbocycles. The van der Waals surface area contributed by atoms with Crippen LogP contribution in [0, 0.1) is 17.0 Å². The molecule has 0 saturated carbocycles. The van der Waals surface area contributed by atoms with Gasteiger partial charge in [0.15, 0.2) is 0 Å². The summed E-state index contributed by atoms with van der Waals surface area (Å²) in [6, 6.07) is 9.28. The molecule has 0 unspecified atom stereocenters. The number of hydrogen-bond acceptors (Lipinski definition) is 5. The summed E-state index contributed by atoms with van der Waals surface area (Å²) in [5.41, 5.74) is 1.64. The van der Waals surface area contributed by atoms with Gasteiger partial charge in [-0.3, -0.25) is 15.4 Å². The molecule has 0 bridgehead atoms. The Labute approximate surface area is 120 Å². The van der Waals surface area contributed by atoms with Crippen molar-refractivity contribution in [3.8, 4) is 0 Å². The first-order valence-corrected chi connectivity index (χ1v) is 6.14. The highest BCUT2D eigenvalue weighted by atomic mass is 16.6. The third-order valence-electron chi connectivity index (χ3n) is 2.66. The molecule has 21 heavy (non-hydrogen) atoms. The van der Waals surface area contributed by atoms with E-state index in [9.17, 15) is 14.9 Å². The van der Waals surface area contributed by atoms with Crippen molar-refractivity contribution in [2.75, 3.05) is 5.32 Å². The van der Waals surface area contributed by atoms with Crippen molar-refractivity contribution in [2.45, 2.75) is 13.5 Å². The minimum Gasteiger partial charge on any atom is -0.444 e. The molecule has 1 N–H and O–H groups in total. The molecule has 7 heteroatoms. The van der Waals surface area contributed by atoms with Crippen molar-refractivity contribution < 1.29 is 14.5 Å². The normalized spacial score (nSPS) is 9.95. The van der Waals surface area contributed by atoms with Gasteiger partial charge in [0.1, 0.15) is 12.4 Å². The van der Waals surface area contributed by atoms with Gasteiger partial charge < -0.3 is 4.74 Å². The van der Waals surface area contributed by atoms with E-state index < -0.39 is 11.0 Å². The topological polar surface area (TPSA) is 94.4 Å². The molecular formula is C14H13N3O4. The average molecular weight is 287 g/mol. The van der Waals surface area contributed by atoms with Crippen LogP contribution < -0.4 is 5.32 Å². The zero-order valence-corrected chi connectivity index (χ0v) is 11.3. The van der Waals surface area contributed by atoms with E-state index in [0.717, 1.165) is 5.56 Å². The minimum absolute atomic E-state index is 0.00735. The van der Waals surface area contributed by atoms with Crippen molar-refractivity contribution in [1.29, 1.82) is 0 Å². The quantitative estimate of drug-likeness (QED) is 0.689. The lowest BCUT2D eigenvalue weighted by atomic mass is 10.2. The van der Waals surface area contributed by atoms with E-state index in [4.69, 9.17) is 4.74 Å². The molecule has 0 spiro atoms. The number of aryl methyl sites for hydroxylation is 1. The molecule has 1 heterocycles. The highest BCUT2D eigenvalue weighted by molar-refractivity contribution is 5.83. The maximum Gasteiger partial charge on any atom is 0.413 e. The van der Waals surface area contributed by atoms with Crippen molar-refractivity contribution in [2.24, 2.45) is 0 Å². The Hall–Kier alpha value is -2.96. The highest BCUT2D eigenvalue weighted by Gasteiger charge is 2.07. The fraction of sp³-hybridized carbons (Fsp3) is 0.143. The van der Waals surface area contributed by atoms with E-state index in [0.29, 0.717) is 11.4 Å². The molecule has 0 aliphatic heterocycles. The van der Waals surface area contributed by atoms with Gasteiger partial charge in [-0.05, 0) is 36.2 Å². The van der Waals surface area contributed by atoms with Crippen LogP contribution in [0.5, 0.6) is 0 Å². The van der Waals surface area contributed by atoms with Gasteiger partial charge in [-0.1, -0.05) is 6.07 Å². The number of non-ortho nitro benzene ring substituents is 1. The summed E-state index contributed by atoms with van der Waals surface area (Å²) in [6.45, 7) is 1.92. The molecule has 1 amide bonds. The van der Waals surface area contributed by atoms with Crippen LogP contribution in [-0.2, 0) is 11.3 Å². The van der Waals surface area contributed by atoms with Gasteiger partial charge in [-0.15, -0.1) is 0 Å². The molecular weight excluding hydrogens is 274 g/mol. The number of aromatic nitrogens is 1. The maximum absolute atomic E-state index is 11.6. The summed E-state index contributed by atoms with van der Waals surface area (Å²) in [4.78, 5) is 25.6. The van der Waals surface area contributed by atoms with E-state index in [-0.39, 0.29) is 12.3 Å². The minimum atomic E-state index is -0.635. The largest absolute Gasteiger partial charge is 0.444 e. The van der Waals surface area contributed by atoms with Crippen LogP contribution in [0.3, 0.4) is 0 Å². The van der Waals surface area contributed by atoms with Gasteiger partial charge in [0.25, 0.3) is 5.69 Å². The van der Waals surface area contributed by atoms with E-state index in [1.54, 1.807) is 12.3 Å². The Morgan fingerprint density at radius 1 is 1.29 bits per heavy atom. The summed E-state index contributed by atoms with van der Waals surface area (Å²) in [5, 5.41) is 13.0. The van der Waals surface area contributed by atoms with Crippen molar-refractivity contribution in [1.82, 2.24) is 4.98 Å². The first-order chi connectivity index (χ1) is 10.0. The number of pyridine rings is 1. The number of ether oxygens (including phenoxy) is 1. The van der Waals surface area contributed by atoms with Crippen LogP contribution in [0.15, 0.2) is 42.6 Å². The first-order valence-electron chi connectivity index (χ1n) is 6.14. The number of anilines is 1. The van der Waals surface area contributed by atoms with Crippen LogP contribution in [0.2, 0.25) is 0 Å². The van der Waals surface area contributed by atoms with E-state index in [1.807, 2.05) is 13.0 Å². The molecule has 0 saturated heterocycles. The smallest absolute Gasteiger partial charge is 0.413 e. The second kappa shape index (κ2) is 6.47. The third-order valence-corrected chi connectivity index (χ3v) is 2.66. The Kier molecular flexibility index (Phi) is 4.45. The summed E-state index contributed by atoms with van der Waals surface area (Å²) >= 11 is 0. The fourth-order valence-electron chi connectivity index (χ4n) is 1.55. The summed E-state index contributed by atoms with van der Waals surface area (Å²) in [7, 11) is 0. The van der Waals surface area contributed by atoms with E-state index in [2.05, 4.69) is 10.3 Å². The molecule has 0 atom stereocenters. The number of rotatable bonds is 4. The van der Waals surface area contributed by atoms with Crippen molar-refractivity contribution >= 4 is 17.6 Å². The molecule has 0 radical (unpaired) electrons. The Bertz CT molecular complexity index is 638. The van der Waals surface area contributed by atoms with Crippen LogP contribution in [0.25, 0.3) is 0 Å². The number of amides is 1. The number of nitrogens with one attached hydrogen (secondary N) is 1. The molecule has 108 valence electrons. The van der Waals surface area contributed by atoms with Gasteiger partial charge in [0.2, 0.25) is 0 Å². The second-order valence-electron chi connectivity index (χ2n) is 4.35. The Balaban J connectivity index is 1.86. The van der Waals surface area contributed by atoms with Crippen LogP contribution in [0.4, 0.5) is 16.3 Å². The molecule has 2 rings (SSSR count). The molecule has 2 aromatic rings. The number of nitro groups is 1. The molecule has 7 nitrogen and oxygen atoms in total. The maximum atomic E-state index is 11.6. The molecule has 0 aliphatic carbocycles. The molecule has 1 aromatic heterocycles. The van der Waals surface area contributed by atoms with E-state index in [1.165, 1.54) is 24.3 Å². The zero-order chi connectivity index (χ0) is 15.2. The standard InChI is InChI=1S/C14H13N3O4/c1-10-2-7-13(15-8-10)16-14(18)21-9-11-3-5-12(6-4-11)17(19)20/h2-8H,9H2,1H3,(H,15,16,18). The first kappa shape index (κ1) is 14.4. The van der Waals surface area contributed by atoms with Gasteiger partial charge in [0, 0.05) is 18.3 Å². The van der Waals surface area contributed by atoms with Crippen molar-refractivity contribution in [3.05, 3.63) is 63.8 Å². The zero-order valence-electron chi connectivity index (χ0n) is 11.3. The number of carbonyl (C=O) groups excluding carboxylic acids is 1. The summed E-state index contributed by atoms with van der Waals surface area (Å²) < 4.78 is 5.00. The summed E-state index contributed by atoms with van der Waals surface area (Å²) in [5.74, 6) is 0.397. The lowest BCUT2D eigenvalue weighted by molar-refractivity contribution is -0.384. The van der Waals surface area contributed by atoms with Crippen LogP contribution in [-0.4, -0.2) is 16.0 Å². The van der Waals surface area contributed by atoms with Gasteiger partial charge in [0.05, 0.1) is 4.92 Å². The lowest BCUT2D eigenvalue weighted by Crippen LogP contribution is -2.14. The monoisotopic (exact) mass is 287 g/mol. The summed E-state index contributed by atoms with van der Waals surface area (Å²) in [6.07, 6.45) is 0.996. The lowest BCUT2D eigenvalue weighted by Gasteiger charge is -2.06. The number of nitro benzene ring substituents is 1. The number of nitrogens with zero attached hydrogens (tertiary/aromatic N) is 2. The third kappa shape index (κ3) is 4.27. The highest BCUT2D eigenvalue weighted by Crippen LogP contribution is 2.13. The predicted octanol–water partition coefficient (Wildman–Crippen LogP) is 3.05. The second-order valence-corrected chi connectivity index (χ2v) is 4.35. The van der Waals surface area contributed by atoms with Gasteiger partial charge in [-0.25, -0.2) is 9.78 Å². The molecule has 0 aliphatic rings. The van der Waals surface area contributed by atoms with Crippen LogP contribution in [0.1, 0.15) is 11.1 Å². The Morgan fingerprint density at radius 2 is 2.00 bits per heavy atom. The fourth-order valence-corrected chi connectivity index (χ4v) is 1.55. The average Bonchev–Trinajstić information content (AvgIpc) is 2.48. The molecule has 0 fully saturated rings. The number of carbonyl (C=O) groups is 1. The number of hydrogen-bond donors (Lipinski definition) is 1. The van der Waals surface area contributed by atoms with Gasteiger partial charge >= 0.3 is 6.09 Å². The Morgan fingerprint density at radius 3 is 2.57 bits per heavy atom. The number of benzene rings is 1. The van der Waals surface area contributed by atoms with Crippen molar-refractivity contribution in [3.63, 3.8) is 0 Å². The van der Waals surface area contributed by atoms with Crippen LogP contribution >= 0.6 is 0 Å².